The van der Waals surface area contributed by atoms with Gasteiger partial charge in [0.1, 0.15) is 24.9 Å². The summed E-state index contributed by atoms with van der Waals surface area (Å²) in [6, 6.07) is 6.80. The fraction of sp³-hybridized carbons (Fsp3) is 0.630. The molecule has 4 bridgehead atoms. The molecule has 12 nitrogen and oxygen atoms in total. The highest BCUT2D eigenvalue weighted by Gasteiger charge is 2.61. The number of amides is 2. The minimum Gasteiger partial charge on any atom is -0.465 e. The van der Waals surface area contributed by atoms with Crippen molar-refractivity contribution in [1.82, 2.24) is 9.80 Å². The van der Waals surface area contributed by atoms with Crippen molar-refractivity contribution in [2.75, 3.05) is 25.4 Å². The molecule has 40 heavy (non-hydrogen) atoms. The van der Waals surface area contributed by atoms with E-state index in [-0.39, 0.29) is 35.2 Å². The number of carboxylic acid groups (broad SMARTS) is 1. The van der Waals surface area contributed by atoms with Crippen LogP contribution in [0.5, 0.6) is 5.75 Å². The molecule has 1 aromatic carbocycles. The Labute approximate surface area is 235 Å². The zero-order valence-electron chi connectivity index (χ0n) is 22.0. The van der Waals surface area contributed by atoms with Gasteiger partial charge in [-0.05, 0) is 75.3 Å². The van der Waals surface area contributed by atoms with Crippen molar-refractivity contribution in [3.63, 3.8) is 0 Å². The molecule has 1 saturated heterocycles. The predicted octanol–water partition coefficient (Wildman–Crippen LogP) is 4.43. The first-order valence-electron chi connectivity index (χ1n) is 13.5. The molecular weight excluding hydrogens is 540 g/mol. The quantitative estimate of drug-likeness (QED) is 0.147. The molecule has 5 aliphatic rings. The Morgan fingerprint density at radius 3 is 2.52 bits per heavy atom. The highest BCUT2D eigenvalue weighted by atomic mass is 32.2. The maximum Gasteiger partial charge on any atom is 0.513 e. The van der Waals surface area contributed by atoms with Crippen LogP contribution in [0.4, 0.5) is 15.3 Å². The Kier molecular flexibility index (Phi) is 7.81. The van der Waals surface area contributed by atoms with Gasteiger partial charge < -0.3 is 19.5 Å². The number of ether oxygens (including phenoxy) is 2. The maximum atomic E-state index is 13.1. The van der Waals surface area contributed by atoms with Gasteiger partial charge >= 0.3 is 12.2 Å². The SMILES string of the molecule is N#CC1CCCN1C(=O)CN(C(=O)O)C12CC3CC(CC(SCCOC(=O)Oc4ccc([N+](=O)[O-])cc4)(C3)C1)C2. The number of nitriles is 1. The average Bonchev–Trinajstić information content (AvgIpc) is 3.38. The van der Waals surface area contributed by atoms with E-state index in [1.165, 1.54) is 34.1 Å². The van der Waals surface area contributed by atoms with E-state index in [1.807, 2.05) is 0 Å². The van der Waals surface area contributed by atoms with Crippen molar-refractivity contribution < 1.29 is 33.9 Å². The Morgan fingerprint density at radius 2 is 1.90 bits per heavy atom. The lowest BCUT2D eigenvalue weighted by Gasteiger charge is -2.64. The van der Waals surface area contributed by atoms with Crippen LogP contribution in [0.3, 0.4) is 0 Å². The number of thioether (sulfide) groups is 1. The van der Waals surface area contributed by atoms with Gasteiger partial charge in [0, 0.05) is 34.7 Å². The summed E-state index contributed by atoms with van der Waals surface area (Å²) in [7, 11) is 0. The first kappa shape index (κ1) is 28.0. The van der Waals surface area contributed by atoms with Gasteiger partial charge in [0.2, 0.25) is 5.91 Å². The number of non-ortho nitro benzene ring substituents is 1. The third-order valence-corrected chi connectivity index (χ3v) is 10.2. The van der Waals surface area contributed by atoms with Crippen molar-refractivity contribution in [2.45, 2.75) is 67.7 Å². The van der Waals surface area contributed by atoms with Crippen molar-refractivity contribution in [3.05, 3.63) is 34.4 Å². The minimum atomic E-state index is -1.10. The fourth-order valence-corrected chi connectivity index (χ4v) is 9.30. The van der Waals surface area contributed by atoms with Crippen LogP contribution >= 0.6 is 11.8 Å². The smallest absolute Gasteiger partial charge is 0.465 e. The number of benzene rings is 1. The highest BCUT2D eigenvalue weighted by Crippen LogP contribution is 2.63. The monoisotopic (exact) mass is 572 g/mol. The number of nitro groups is 1. The van der Waals surface area contributed by atoms with Crippen molar-refractivity contribution >= 4 is 35.6 Å². The van der Waals surface area contributed by atoms with Gasteiger partial charge in [-0.2, -0.15) is 17.0 Å². The summed E-state index contributed by atoms with van der Waals surface area (Å²) >= 11 is 1.70. The number of likely N-dealkylation sites (tertiary alicyclic amines) is 1. The summed E-state index contributed by atoms with van der Waals surface area (Å²) in [5.41, 5.74) is -0.727. The highest BCUT2D eigenvalue weighted by molar-refractivity contribution is 8.00. The van der Waals surface area contributed by atoms with Gasteiger partial charge in [-0.1, -0.05) is 0 Å². The maximum absolute atomic E-state index is 13.1. The molecule has 13 heteroatoms. The first-order chi connectivity index (χ1) is 19.1. The molecule has 1 heterocycles. The molecule has 4 saturated carbocycles. The van der Waals surface area contributed by atoms with Gasteiger partial charge in [0.05, 0.1) is 11.0 Å². The second kappa shape index (κ2) is 11.2. The summed E-state index contributed by atoms with van der Waals surface area (Å²) in [5.74, 6) is 1.09. The van der Waals surface area contributed by atoms with E-state index in [0.717, 1.165) is 38.5 Å². The molecule has 3 atom stereocenters. The number of carbonyl (C=O) groups is 3. The number of rotatable bonds is 9. The summed E-state index contributed by atoms with van der Waals surface area (Å²) in [6.45, 7) is 0.354. The second-order valence-corrected chi connectivity index (χ2v) is 13.0. The van der Waals surface area contributed by atoms with Gasteiger partial charge in [-0.15, -0.1) is 0 Å². The lowest BCUT2D eigenvalue weighted by atomic mass is 9.52. The van der Waals surface area contributed by atoms with Crippen LogP contribution in [0.1, 0.15) is 51.4 Å². The molecule has 1 N–H and O–H groups in total. The molecular formula is C27H32N4O8S. The molecule has 3 unspecified atom stereocenters. The topological polar surface area (TPSA) is 163 Å². The molecule has 0 spiro atoms. The first-order valence-corrected chi connectivity index (χ1v) is 14.5. The molecule has 214 valence electrons. The number of hydrogen-bond donors (Lipinski definition) is 1. The van der Waals surface area contributed by atoms with Gasteiger partial charge in [-0.3, -0.25) is 19.8 Å². The normalized spacial score (nSPS) is 30.0. The summed E-state index contributed by atoms with van der Waals surface area (Å²) in [6.07, 6.45) is 4.49. The fourth-order valence-electron chi connectivity index (χ4n) is 7.62. The second-order valence-electron chi connectivity index (χ2n) is 11.4. The van der Waals surface area contributed by atoms with E-state index >= 15 is 0 Å². The lowest BCUT2D eigenvalue weighted by molar-refractivity contribution is -0.384. The molecule has 0 aromatic heterocycles. The molecule has 4 aliphatic carbocycles. The Morgan fingerprint density at radius 1 is 1.20 bits per heavy atom. The van der Waals surface area contributed by atoms with E-state index in [9.17, 15) is 34.9 Å². The Hall–Kier alpha value is -3.53. The predicted molar refractivity (Wildman–Crippen MR) is 143 cm³/mol. The summed E-state index contributed by atoms with van der Waals surface area (Å²) < 4.78 is 10.2. The van der Waals surface area contributed by atoms with Gasteiger partial charge in [0.25, 0.3) is 5.69 Å². The van der Waals surface area contributed by atoms with Crippen LogP contribution in [0, 0.1) is 33.3 Å². The standard InChI is InChI=1S/C27H32N4O8S/c28-15-21-2-1-7-29(21)23(32)16-30(24(33)34)26-11-18-10-19(12-26)14-27(13-18,17-26)40-9-8-38-25(35)39-22-5-3-20(4-6-22)31(36)37/h3-6,18-19,21H,1-2,7-14,16-17H2,(H,33,34). The van der Waals surface area contributed by atoms with Crippen LogP contribution in [-0.2, 0) is 9.53 Å². The molecule has 1 aromatic rings. The summed E-state index contributed by atoms with van der Waals surface area (Å²) in [4.78, 5) is 50.9. The van der Waals surface area contributed by atoms with Crippen LogP contribution in [0.15, 0.2) is 24.3 Å². The van der Waals surface area contributed by atoms with Gasteiger partial charge in [-0.25, -0.2) is 9.59 Å². The number of nitrogens with zero attached hydrogens (tertiary/aromatic N) is 4. The zero-order valence-corrected chi connectivity index (χ0v) is 22.8. The van der Waals surface area contributed by atoms with E-state index in [2.05, 4.69) is 6.07 Å². The van der Waals surface area contributed by atoms with E-state index in [1.54, 1.807) is 11.8 Å². The van der Waals surface area contributed by atoms with Crippen LogP contribution in [-0.4, -0.2) is 79.8 Å². The molecule has 1 aliphatic heterocycles. The number of carbonyl (C=O) groups excluding carboxylic acids is 2. The van der Waals surface area contributed by atoms with Crippen molar-refractivity contribution in [2.24, 2.45) is 11.8 Å². The third kappa shape index (κ3) is 5.68. The molecule has 0 radical (unpaired) electrons. The van der Waals surface area contributed by atoms with E-state index in [4.69, 9.17) is 9.47 Å². The van der Waals surface area contributed by atoms with Crippen LogP contribution in [0.25, 0.3) is 0 Å². The minimum absolute atomic E-state index is 0.103. The Balaban J connectivity index is 1.19. The lowest BCUT2D eigenvalue weighted by Crippen LogP contribution is -2.66. The van der Waals surface area contributed by atoms with Crippen molar-refractivity contribution in [3.8, 4) is 11.8 Å². The number of hydrogen-bond acceptors (Lipinski definition) is 9. The van der Waals surface area contributed by atoms with Crippen LogP contribution < -0.4 is 4.74 Å². The number of nitro benzene ring substituents is 1. The molecule has 5 fully saturated rings. The van der Waals surface area contributed by atoms with E-state index in [0.29, 0.717) is 37.0 Å². The zero-order chi connectivity index (χ0) is 28.5. The van der Waals surface area contributed by atoms with Crippen molar-refractivity contribution in [1.29, 1.82) is 5.26 Å². The van der Waals surface area contributed by atoms with Gasteiger partial charge in [0.15, 0.2) is 0 Å². The largest absolute Gasteiger partial charge is 0.513 e. The summed E-state index contributed by atoms with van der Waals surface area (Å²) in [5, 5.41) is 30.4. The third-order valence-electron chi connectivity index (χ3n) is 8.76. The molecule has 6 rings (SSSR count). The Bertz CT molecular complexity index is 1200. The van der Waals surface area contributed by atoms with Crippen LogP contribution in [0.2, 0.25) is 0 Å². The molecule has 2 amide bonds. The van der Waals surface area contributed by atoms with E-state index < -0.39 is 28.8 Å². The average molecular weight is 573 g/mol.